The van der Waals surface area contributed by atoms with Crippen molar-refractivity contribution < 1.29 is 4.79 Å². The Morgan fingerprint density at radius 3 is 2.71 bits per heavy atom. The molecular weight excluding hydrogens is 214 g/mol. The number of nitrogens with one attached hydrogen (secondary N) is 1. The Hall–Kier alpha value is -1.45. The van der Waals surface area contributed by atoms with Crippen LogP contribution in [0.25, 0.3) is 0 Å². The number of carbonyl (C=O) groups is 1. The zero-order valence-electron chi connectivity index (χ0n) is 11.1. The minimum absolute atomic E-state index is 0.0775. The molecule has 0 aliphatic rings. The van der Waals surface area contributed by atoms with E-state index in [2.05, 4.69) is 22.2 Å². The van der Waals surface area contributed by atoms with E-state index < -0.39 is 0 Å². The maximum atomic E-state index is 11.8. The molecule has 0 radical (unpaired) electrons. The molecule has 4 heteroatoms. The Labute approximate surface area is 103 Å². The number of aromatic nitrogens is 2. The van der Waals surface area contributed by atoms with Gasteiger partial charge in [0.25, 0.3) is 5.91 Å². The summed E-state index contributed by atoms with van der Waals surface area (Å²) >= 11 is 0. The first-order valence-corrected chi connectivity index (χ1v) is 6.18. The van der Waals surface area contributed by atoms with Crippen molar-refractivity contribution in [3.8, 4) is 0 Å². The van der Waals surface area contributed by atoms with Crippen LogP contribution in [0.4, 0.5) is 0 Å². The van der Waals surface area contributed by atoms with Crippen LogP contribution in [-0.2, 0) is 0 Å². The first-order chi connectivity index (χ1) is 8.06. The largest absolute Gasteiger partial charge is 0.352 e. The van der Waals surface area contributed by atoms with Gasteiger partial charge in [0.15, 0.2) is 0 Å². The number of nitrogens with zero attached hydrogens (tertiary/aromatic N) is 2. The zero-order valence-corrected chi connectivity index (χ0v) is 11.1. The molecule has 0 saturated carbocycles. The van der Waals surface area contributed by atoms with Gasteiger partial charge in [-0.1, -0.05) is 27.2 Å². The Morgan fingerprint density at radius 2 is 2.18 bits per heavy atom. The fraction of sp³-hybridized carbons (Fsp3) is 0.615. The number of carbonyl (C=O) groups excluding carboxylic acids is 1. The highest BCUT2D eigenvalue weighted by Crippen LogP contribution is 2.11. The Kier molecular flexibility index (Phi) is 5.07. The quantitative estimate of drug-likeness (QED) is 0.797. The maximum Gasteiger partial charge on any atom is 0.254 e. The van der Waals surface area contributed by atoms with Gasteiger partial charge >= 0.3 is 0 Å². The average molecular weight is 235 g/mol. The minimum atomic E-state index is -0.0775. The van der Waals surface area contributed by atoms with E-state index in [0.29, 0.717) is 12.1 Å². The molecule has 0 aliphatic heterocycles. The van der Waals surface area contributed by atoms with Crippen LogP contribution >= 0.6 is 0 Å². The number of hydrogen-bond donors (Lipinski definition) is 1. The highest BCUT2D eigenvalue weighted by atomic mass is 16.1. The van der Waals surface area contributed by atoms with Crippen molar-refractivity contribution in [3.05, 3.63) is 23.3 Å². The first-order valence-electron chi connectivity index (χ1n) is 6.18. The smallest absolute Gasteiger partial charge is 0.254 e. The third-order valence-corrected chi connectivity index (χ3v) is 2.57. The zero-order chi connectivity index (χ0) is 12.8. The summed E-state index contributed by atoms with van der Waals surface area (Å²) in [6, 6.07) is 0. The van der Waals surface area contributed by atoms with E-state index in [1.54, 1.807) is 6.20 Å². The SMILES string of the molecule is CCCCNC(=O)c1cnc(C(C)C)nc1C. The normalized spacial score (nSPS) is 10.6. The second-order valence-electron chi connectivity index (χ2n) is 4.49. The Balaban J connectivity index is 2.74. The van der Waals surface area contributed by atoms with E-state index in [0.717, 1.165) is 24.4 Å². The molecule has 1 aromatic heterocycles. The van der Waals surface area contributed by atoms with Gasteiger partial charge in [0.05, 0.1) is 11.3 Å². The summed E-state index contributed by atoms with van der Waals surface area (Å²) in [6.07, 6.45) is 3.69. The van der Waals surface area contributed by atoms with Gasteiger partial charge in [0.2, 0.25) is 0 Å². The summed E-state index contributed by atoms with van der Waals surface area (Å²) < 4.78 is 0. The fourth-order valence-electron chi connectivity index (χ4n) is 1.46. The Bertz CT molecular complexity index is 388. The molecule has 94 valence electrons. The molecule has 1 N–H and O–H groups in total. The summed E-state index contributed by atoms with van der Waals surface area (Å²) in [5.74, 6) is 0.991. The number of hydrogen-bond acceptors (Lipinski definition) is 3. The highest BCUT2D eigenvalue weighted by molar-refractivity contribution is 5.94. The minimum Gasteiger partial charge on any atom is -0.352 e. The molecule has 0 atom stereocenters. The van der Waals surface area contributed by atoms with Crippen molar-refractivity contribution in [2.24, 2.45) is 0 Å². The third-order valence-electron chi connectivity index (χ3n) is 2.57. The van der Waals surface area contributed by atoms with Gasteiger partial charge in [-0.15, -0.1) is 0 Å². The summed E-state index contributed by atoms with van der Waals surface area (Å²) in [6.45, 7) is 8.73. The van der Waals surface area contributed by atoms with E-state index >= 15 is 0 Å². The highest BCUT2D eigenvalue weighted by Gasteiger charge is 2.12. The van der Waals surface area contributed by atoms with Crippen LogP contribution < -0.4 is 5.32 Å². The van der Waals surface area contributed by atoms with E-state index in [-0.39, 0.29) is 11.8 Å². The predicted octanol–water partition coefficient (Wildman–Crippen LogP) is 2.44. The average Bonchev–Trinajstić information content (AvgIpc) is 2.28. The van der Waals surface area contributed by atoms with Gasteiger partial charge in [0, 0.05) is 18.7 Å². The molecule has 4 nitrogen and oxygen atoms in total. The number of unbranched alkanes of at least 4 members (excludes halogenated alkanes) is 1. The maximum absolute atomic E-state index is 11.8. The lowest BCUT2D eigenvalue weighted by molar-refractivity contribution is 0.0951. The number of amides is 1. The molecule has 0 spiro atoms. The lowest BCUT2D eigenvalue weighted by Crippen LogP contribution is -2.25. The van der Waals surface area contributed by atoms with E-state index in [4.69, 9.17) is 0 Å². The van der Waals surface area contributed by atoms with Crippen LogP contribution in [0.5, 0.6) is 0 Å². The molecule has 0 aliphatic carbocycles. The molecule has 1 rings (SSSR count). The summed E-state index contributed by atoms with van der Waals surface area (Å²) in [7, 11) is 0. The fourth-order valence-corrected chi connectivity index (χ4v) is 1.46. The summed E-state index contributed by atoms with van der Waals surface area (Å²) in [4.78, 5) is 20.4. The van der Waals surface area contributed by atoms with E-state index in [9.17, 15) is 4.79 Å². The number of aryl methyl sites for hydroxylation is 1. The first kappa shape index (κ1) is 13.6. The monoisotopic (exact) mass is 235 g/mol. The van der Waals surface area contributed by atoms with Crippen molar-refractivity contribution >= 4 is 5.91 Å². The van der Waals surface area contributed by atoms with Crippen LogP contribution in [0.2, 0.25) is 0 Å². The standard InChI is InChI=1S/C13H21N3O/c1-5-6-7-14-13(17)11-8-15-12(9(2)3)16-10(11)4/h8-9H,5-7H2,1-4H3,(H,14,17). The second-order valence-corrected chi connectivity index (χ2v) is 4.49. The Morgan fingerprint density at radius 1 is 1.47 bits per heavy atom. The van der Waals surface area contributed by atoms with Crippen LogP contribution in [0.3, 0.4) is 0 Å². The van der Waals surface area contributed by atoms with Crippen molar-refractivity contribution in [1.29, 1.82) is 0 Å². The summed E-state index contributed by atoms with van der Waals surface area (Å²) in [5.41, 5.74) is 1.32. The van der Waals surface area contributed by atoms with Gasteiger partial charge in [-0.3, -0.25) is 4.79 Å². The lowest BCUT2D eigenvalue weighted by atomic mass is 10.1. The van der Waals surface area contributed by atoms with Crippen molar-refractivity contribution in [3.63, 3.8) is 0 Å². The number of rotatable bonds is 5. The van der Waals surface area contributed by atoms with Crippen molar-refractivity contribution in [2.45, 2.75) is 46.5 Å². The topological polar surface area (TPSA) is 54.9 Å². The van der Waals surface area contributed by atoms with Gasteiger partial charge in [-0.2, -0.15) is 0 Å². The molecule has 1 aromatic rings. The molecular formula is C13H21N3O. The molecule has 0 bridgehead atoms. The molecule has 1 heterocycles. The van der Waals surface area contributed by atoms with Gasteiger partial charge in [0.1, 0.15) is 5.82 Å². The van der Waals surface area contributed by atoms with Crippen molar-refractivity contribution in [2.75, 3.05) is 6.54 Å². The van der Waals surface area contributed by atoms with Gasteiger partial charge in [-0.05, 0) is 13.3 Å². The van der Waals surface area contributed by atoms with Crippen LogP contribution in [-0.4, -0.2) is 22.4 Å². The third kappa shape index (κ3) is 3.80. The lowest BCUT2D eigenvalue weighted by Gasteiger charge is -2.09. The van der Waals surface area contributed by atoms with Gasteiger partial charge in [-0.25, -0.2) is 9.97 Å². The molecule has 0 fully saturated rings. The molecule has 0 saturated heterocycles. The second kappa shape index (κ2) is 6.33. The van der Waals surface area contributed by atoms with Crippen molar-refractivity contribution in [1.82, 2.24) is 15.3 Å². The molecule has 0 unspecified atom stereocenters. The van der Waals surface area contributed by atoms with Crippen LogP contribution in [0.15, 0.2) is 6.20 Å². The predicted molar refractivity (Wildman–Crippen MR) is 68.1 cm³/mol. The van der Waals surface area contributed by atoms with Gasteiger partial charge < -0.3 is 5.32 Å². The van der Waals surface area contributed by atoms with Crippen LogP contribution in [0.1, 0.15) is 61.4 Å². The van der Waals surface area contributed by atoms with E-state index in [1.165, 1.54) is 0 Å². The molecule has 1 amide bonds. The summed E-state index contributed by atoms with van der Waals surface area (Å²) in [5, 5.41) is 2.87. The molecule has 0 aromatic carbocycles. The van der Waals surface area contributed by atoms with E-state index in [1.807, 2.05) is 20.8 Å². The van der Waals surface area contributed by atoms with Crippen LogP contribution in [0, 0.1) is 6.92 Å². The molecule has 17 heavy (non-hydrogen) atoms.